The van der Waals surface area contributed by atoms with E-state index in [0.29, 0.717) is 36.4 Å². The number of benzene rings is 4. The largest absolute Gasteiger partial charge is 0.514 e. The summed E-state index contributed by atoms with van der Waals surface area (Å²) in [6, 6.07) is 15.1. The second-order valence-electron chi connectivity index (χ2n) is 24.3. The van der Waals surface area contributed by atoms with Crippen LogP contribution in [0.3, 0.4) is 0 Å². The molecule has 22 nitrogen and oxygen atoms in total. The van der Waals surface area contributed by atoms with Crippen LogP contribution in [0.4, 0.5) is 14.4 Å². The van der Waals surface area contributed by atoms with Gasteiger partial charge < -0.3 is 65.2 Å². The number of unbranched alkanes of at least 4 members (excludes halogenated alkanes) is 1. The summed E-state index contributed by atoms with van der Waals surface area (Å²) in [7, 11) is 1.33. The second-order valence-corrected chi connectivity index (χ2v) is 24.8. The van der Waals surface area contributed by atoms with Gasteiger partial charge >= 0.3 is 18.4 Å². The molecule has 23 heteroatoms. The van der Waals surface area contributed by atoms with Crippen LogP contribution in [-0.4, -0.2) is 143 Å². The molecule has 4 aromatic rings. The quantitative estimate of drug-likeness (QED) is 0.0266. The first kappa shape index (κ1) is 66.9. The number of carbonyl (C=O) groups is 9. The average Bonchev–Trinajstić information content (AvgIpc) is 2.24. The summed E-state index contributed by atoms with van der Waals surface area (Å²) in [5.41, 5.74) is -0.495. The van der Waals surface area contributed by atoms with Crippen molar-refractivity contribution in [1.29, 1.82) is 0 Å². The normalized spacial score (nSPS) is 17.9. The number of aliphatic hydroxyl groups excluding tert-OH is 1. The lowest BCUT2D eigenvalue weighted by Crippen LogP contribution is -2.58. The van der Waals surface area contributed by atoms with Crippen molar-refractivity contribution < 1.29 is 71.9 Å². The molecule has 0 aromatic heterocycles. The first-order valence-electron chi connectivity index (χ1n) is 28.6. The number of aliphatic hydroxyl groups is 1. The number of carbonyl (C=O) groups excluding carboxylic acids is 9. The molecule has 2 aliphatic heterocycles. The van der Waals surface area contributed by atoms with E-state index < -0.39 is 107 Å². The van der Waals surface area contributed by atoms with Crippen LogP contribution in [0.2, 0.25) is 5.02 Å². The van der Waals surface area contributed by atoms with Gasteiger partial charge in [0.25, 0.3) is 5.91 Å². The Balaban J connectivity index is 1.46. The number of nitrogens with zero attached hydrogens (tertiary/aromatic N) is 2. The van der Waals surface area contributed by atoms with Gasteiger partial charge in [0.1, 0.15) is 58.5 Å². The van der Waals surface area contributed by atoms with Crippen LogP contribution < -0.4 is 36.1 Å². The Hall–Kier alpha value is -8.24. The van der Waals surface area contributed by atoms with E-state index in [4.69, 9.17) is 35.3 Å². The Morgan fingerprint density at radius 1 is 0.733 bits per heavy atom. The van der Waals surface area contributed by atoms with Gasteiger partial charge in [0, 0.05) is 48.3 Å². The number of hydrogen-bond donors (Lipinski definition) is 6. The van der Waals surface area contributed by atoms with Crippen LogP contribution in [0, 0.1) is 0 Å². The lowest BCUT2D eigenvalue weighted by atomic mass is 9.93. The molecule has 86 heavy (non-hydrogen) atoms. The third-order valence-electron chi connectivity index (χ3n) is 13.7. The molecule has 4 bridgehead atoms. The number of ether oxygens (including phenoxy) is 5. The molecule has 6 atom stereocenters. The molecule has 6 rings (SSSR count). The summed E-state index contributed by atoms with van der Waals surface area (Å²) in [6.07, 6.45) is -1.32. The molecule has 6 N–H and O–H groups in total. The number of hydrogen-bond acceptors (Lipinski definition) is 15. The topological polar surface area (TPSA) is 287 Å². The van der Waals surface area contributed by atoms with E-state index in [0.717, 1.165) is 16.0 Å². The number of rotatable bonds is 16. The molecule has 0 unspecified atom stereocenters. The summed E-state index contributed by atoms with van der Waals surface area (Å²) in [5, 5.41) is 24.2. The number of alkyl carbamates (subject to hydrolysis) is 1. The predicted octanol–water partition coefficient (Wildman–Crippen LogP) is 8.33. The lowest BCUT2D eigenvalue weighted by molar-refractivity contribution is -0.141. The highest BCUT2D eigenvalue weighted by atomic mass is 35.5. The fourth-order valence-electron chi connectivity index (χ4n) is 9.64. The summed E-state index contributed by atoms with van der Waals surface area (Å²) in [4.78, 5) is 129. The highest BCUT2D eigenvalue weighted by molar-refractivity contribution is 6.30. The minimum atomic E-state index is -1.65. The number of fused-ring (bicyclic) bond motifs is 5. The van der Waals surface area contributed by atoms with Crippen molar-refractivity contribution in [2.75, 3.05) is 26.7 Å². The Bertz CT molecular complexity index is 3130. The predicted molar refractivity (Wildman–Crippen MR) is 320 cm³/mol. The Kier molecular flexibility index (Phi) is 22.4. The monoisotopic (exact) mass is 1210 g/mol. The van der Waals surface area contributed by atoms with Gasteiger partial charge in [-0.1, -0.05) is 48.0 Å². The molecule has 1 fully saturated rings. The third kappa shape index (κ3) is 19.1. The summed E-state index contributed by atoms with van der Waals surface area (Å²) in [6.45, 7) is 18.1. The highest BCUT2D eigenvalue weighted by Gasteiger charge is 2.38. The lowest BCUT2D eigenvalue weighted by Gasteiger charge is -2.33. The maximum atomic E-state index is 15.3. The van der Waals surface area contributed by atoms with E-state index in [1.807, 2.05) is 12.1 Å². The van der Waals surface area contributed by atoms with Gasteiger partial charge in [0.05, 0.1) is 12.6 Å². The molecule has 0 spiro atoms. The Morgan fingerprint density at radius 2 is 1.30 bits per heavy atom. The van der Waals surface area contributed by atoms with Gasteiger partial charge in [-0.15, -0.1) is 0 Å². The van der Waals surface area contributed by atoms with Gasteiger partial charge in [-0.25, -0.2) is 14.4 Å². The van der Waals surface area contributed by atoms with Crippen molar-refractivity contribution in [2.24, 2.45) is 0 Å². The summed E-state index contributed by atoms with van der Waals surface area (Å²) < 4.78 is 28.2. The zero-order valence-corrected chi connectivity index (χ0v) is 51.6. The minimum Gasteiger partial charge on any atom is -0.444 e. The number of likely N-dealkylation sites (tertiary alicyclic amines) is 1. The van der Waals surface area contributed by atoms with Crippen LogP contribution >= 0.6 is 11.6 Å². The van der Waals surface area contributed by atoms with Crippen LogP contribution in [0.5, 0.6) is 11.5 Å². The van der Waals surface area contributed by atoms with Gasteiger partial charge in [0.2, 0.25) is 29.5 Å². The molecule has 4 aromatic carbocycles. The van der Waals surface area contributed by atoms with Crippen molar-refractivity contribution in [3.8, 4) is 33.8 Å². The zero-order chi connectivity index (χ0) is 63.4. The third-order valence-corrected chi connectivity index (χ3v) is 14.0. The second kappa shape index (κ2) is 28.8. The van der Waals surface area contributed by atoms with Crippen molar-refractivity contribution in [3.63, 3.8) is 0 Å². The van der Waals surface area contributed by atoms with E-state index in [1.165, 1.54) is 62.2 Å². The van der Waals surface area contributed by atoms with Crippen molar-refractivity contribution in [3.05, 3.63) is 107 Å². The molecule has 1 saturated heterocycles. The molecule has 0 radical (unpaired) electrons. The van der Waals surface area contributed by atoms with E-state index in [1.54, 1.807) is 98.7 Å². The first-order chi connectivity index (χ1) is 40.3. The van der Waals surface area contributed by atoms with E-state index in [-0.39, 0.29) is 66.2 Å². The fourth-order valence-corrected chi connectivity index (χ4v) is 9.76. The van der Waals surface area contributed by atoms with E-state index >= 15 is 9.59 Å². The number of amides is 7. The molecule has 464 valence electrons. The van der Waals surface area contributed by atoms with Crippen LogP contribution in [0.25, 0.3) is 22.3 Å². The van der Waals surface area contributed by atoms with Crippen LogP contribution in [0.1, 0.15) is 136 Å². The molecular formula is C63H80ClN7O15. The van der Waals surface area contributed by atoms with Crippen LogP contribution in [-0.2, 0) is 44.6 Å². The zero-order valence-electron chi connectivity index (χ0n) is 50.8. The van der Waals surface area contributed by atoms with E-state index in [9.17, 15) is 38.7 Å². The summed E-state index contributed by atoms with van der Waals surface area (Å²) in [5.74, 6) is -4.70. The van der Waals surface area contributed by atoms with Gasteiger partial charge in [-0.2, -0.15) is 0 Å². The van der Waals surface area contributed by atoms with Gasteiger partial charge in [-0.05, 0) is 179 Å². The van der Waals surface area contributed by atoms with Gasteiger partial charge in [0.15, 0.2) is 0 Å². The maximum absolute atomic E-state index is 15.3. The fraction of sp³-hybridized carbons (Fsp3) is 0.476. The van der Waals surface area contributed by atoms with Gasteiger partial charge in [-0.3, -0.25) is 28.8 Å². The molecule has 7 amide bonds. The minimum absolute atomic E-state index is 0.000699. The van der Waals surface area contributed by atoms with Crippen LogP contribution in [0.15, 0.2) is 84.9 Å². The molecule has 2 heterocycles. The molecule has 2 aliphatic rings. The van der Waals surface area contributed by atoms with Crippen molar-refractivity contribution in [2.45, 2.75) is 168 Å². The Labute approximate surface area is 506 Å². The smallest absolute Gasteiger partial charge is 0.444 e. The molecular weight excluding hydrogens is 1130 g/mol. The number of likely N-dealkylation sites (N-methyl/N-ethyl adjacent to an activating group) is 1. The van der Waals surface area contributed by atoms with Crippen molar-refractivity contribution in [1.82, 2.24) is 36.4 Å². The molecule has 0 aliphatic carbocycles. The average molecular weight is 1210 g/mol. The first-order valence-corrected chi connectivity index (χ1v) is 29.0. The summed E-state index contributed by atoms with van der Waals surface area (Å²) >= 11 is 6.12. The molecule has 0 saturated carbocycles. The number of nitrogens with one attached hydrogen (secondary N) is 5. The van der Waals surface area contributed by atoms with E-state index in [2.05, 4.69) is 26.6 Å². The highest BCUT2D eigenvalue weighted by Crippen LogP contribution is 2.41. The van der Waals surface area contributed by atoms with Crippen molar-refractivity contribution >= 4 is 65.4 Å². The maximum Gasteiger partial charge on any atom is 0.514 e. The number of halogens is 1. The standard InChI is InChI=1S/C63H80ClN7O15/c1-36-52(73)69-48(54(75)67-37(2)56(77)71-31-15-16-44(71)35-72)33-38-18-28-49(82-59(80)85-62(6,7)8)45(32-38)46-34-42(25-29-50(46)83-60(81)86-63(9,10)11)51(55(76)66-36)70(12)57(78)47(17-13-14-30-65-58(79)84-61(3,4)5)68-53(74)41-21-19-39(20-22-41)40-23-26-43(64)27-24-40/h18-29,32,34,36-37,44,47-48,51,72H,13-17,30-31,33,35H2,1-12H3,(H,65,79)(H,66,76)(H,67,75)(H,68,74)(H,69,73)/t36-,37-,44-,47-,48-,51-/m0/s1. The SMILES string of the molecule is C[C@@H]1NC(=O)[C@@H](N(C)C(=O)[C@H](CCCCNC(=O)OC(C)(C)C)NC(=O)c2ccc(-c3ccc(Cl)cc3)cc2)c2ccc(OC(=O)OC(C)(C)C)c(c2)-c2cc(ccc2OC(=O)OC(C)(C)C)C[C@@H](C(=O)N[C@@H](C)C(=O)N2CCC[C@H]2CO)NC1=O. The Morgan fingerprint density at radius 3 is 1.88 bits per heavy atom.